The molecule has 1 aromatic carbocycles. The van der Waals surface area contributed by atoms with Crippen molar-refractivity contribution in [3.8, 4) is 0 Å². The van der Waals surface area contributed by atoms with Crippen LogP contribution in [-0.4, -0.2) is 64.2 Å². The number of aromatic nitrogens is 2. The average Bonchev–Trinajstić information content (AvgIpc) is 3.65. The van der Waals surface area contributed by atoms with Crippen LogP contribution in [0.5, 0.6) is 0 Å². The fourth-order valence-corrected chi connectivity index (χ4v) is 4.44. The van der Waals surface area contributed by atoms with Gasteiger partial charge in [-0.2, -0.15) is 17.6 Å². The van der Waals surface area contributed by atoms with Crippen molar-refractivity contribution < 1.29 is 27.5 Å². The van der Waals surface area contributed by atoms with Gasteiger partial charge in [-0.15, -0.1) is 0 Å². The van der Waals surface area contributed by atoms with Gasteiger partial charge in [0.15, 0.2) is 11.6 Å². The molecule has 1 aliphatic heterocycles. The summed E-state index contributed by atoms with van der Waals surface area (Å²) in [6, 6.07) is 4.86. The van der Waals surface area contributed by atoms with Crippen molar-refractivity contribution in [2.24, 2.45) is 11.1 Å². The molecule has 2 aromatic rings. The summed E-state index contributed by atoms with van der Waals surface area (Å²) in [7, 11) is 0. The number of likely N-dealkylation sites (tertiary alicyclic amines) is 1. The normalized spacial score (nSPS) is 22.9. The second kappa shape index (κ2) is 10.2. The van der Waals surface area contributed by atoms with E-state index in [-0.39, 0.29) is 43.9 Å². The quantitative estimate of drug-likeness (QED) is 0.446. The minimum atomic E-state index is -4.42. The first-order valence-electron chi connectivity index (χ1n) is 11.8. The van der Waals surface area contributed by atoms with Gasteiger partial charge in [0.25, 0.3) is 0 Å². The first kappa shape index (κ1) is 26.1. The van der Waals surface area contributed by atoms with Gasteiger partial charge in [-0.05, 0) is 43.5 Å². The third-order valence-corrected chi connectivity index (χ3v) is 6.94. The number of carbonyl (C=O) groups is 1. The van der Waals surface area contributed by atoms with Crippen molar-refractivity contribution in [2.75, 3.05) is 36.4 Å². The van der Waals surface area contributed by atoms with E-state index < -0.39 is 35.0 Å². The van der Waals surface area contributed by atoms with Gasteiger partial charge in [0.2, 0.25) is 11.7 Å². The fraction of sp³-hybridized carbons (Fsp3) is 0.542. The summed E-state index contributed by atoms with van der Waals surface area (Å²) in [4.78, 5) is 22.9. The lowest BCUT2D eigenvalue weighted by Crippen LogP contribution is -2.53. The topological polar surface area (TPSA) is 108 Å². The third-order valence-electron chi connectivity index (χ3n) is 6.94. The number of nitrogens with zero attached hydrogens (tertiary/aromatic N) is 4. The zero-order valence-corrected chi connectivity index (χ0v) is 19.9. The second-order valence-corrected chi connectivity index (χ2v) is 9.89. The maximum atomic E-state index is 15.5. The number of primary amides is 1. The molecular weight excluding hydrogens is 480 g/mol. The number of hydrogen-bond acceptors (Lipinski definition) is 7. The molecule has 1 aromatic heterocycles. The van der Waals surface area contributed by atoms with Crippen molar-refractivity contribution in [2.45, 2.75) is 51.1 Å². The van der Waals surface area contributed by atoms with Crippen LogP contribution < -0.4 is 16.0 Å². The minimum absolute atomic E-state index is 0.00828. The van der Waals surface area contributed by atoms with Gasteiger partial charge in [0, 0.05) is 31.1 Å². The molecule has 36 heavy (non-hydrogen) atoms. The lowest BCUT2D eigenvalue weighted by Gasteiger charge is -2.43. The SMILES string of the molecule is CC1(CNc2ncnc(N(Cc3ccc(C(F)(F)F)cc3)C3CC3)c2F)CCN(CC(N)=O)C[C@H]1O. The highest BCUT2D eigenvalue weighted by molar-refractivity contribution is 5.75. The van der Waals surface area contributed by atoms with Gasteiger partial charge in [-0.3, -0.25) is 9.69 Å². The molecule has 4 N–H and O–H groups in total. The standard InChI is InChI=1S/C24H30F4N6O2/c1-23(8-9-33(11-18(23)35)12-19(29)36)13-30-21-20(25)22(32-14-31-21)34(17-6-7-17)10-15-2-4-16(5-3-15)24(26,27)28/h2-5,14,17-18,35H,6-13H2,1H3,(H2,29,36)(H,30,31,32)/t18-,23?/m1/s1. The van der Waals surface area contributed by atoms with Gasteiger partial charge in [0.1, 0.15) is 6.33 Å². The van der Waals surface area contributed by atoms with Crippen molar-refractivity contribution in [3.63, 3.8) is 0 Å². The molecule has 12 heteroatoms. The number of piperidine rings is 1. The van der Waals surface area contributed by atoms with Crippen LogP contribution in [0.1, 0.15) is 37.3 Å². The summed E-state index contributed by atoms with van der Waals surface area (Å²) in [5.41, 5.74) is 4.54. The van der Waals surface area contributed by atoms with Crippen LogP contribution in [0.15, 0.2) is 30.6 Å². The number of benzene rings is 1. The molecule has 8 nitrogen and oxygen atoms in total. The van der Waals surface area contributed by atoms with E-state index in [0.29, 0.717) is 18.5 Å². The molecule has 1 unspecified atom stereocenters. The molecule has 2 heterocycles. The number of alkyl halides is 3. The predicted molar refractivity (Wildman–Crippen MR) is 125 cm³/mol. The van der Waals surface area contributed by atoms with E-state index in [4.69, 9.17) is 5.73 Å². The number of aliphatic hydroxyl groups is 1. The number of nitrogens with one attached hydrogen (secondary N) is 1. The highest BCUT2D eigenvalue weighted by Gasteiger charge is 2.39. The highest BCUT2D eigenvalue weighted by atomic mass is 19.4. The Labute approximate surface area is 206 Å². The Balaban J connectivity index is 1.45. The highest BCUT2D eigenvalue weighted by Crippen LogP contribution is 2.36. The van der Waals surface area contributed by atoms with E-state index >= 15 is 4.39 Å². The van der Waals surface area contributed by atoms with Crippen LogP contribution in [-0.2, 0) is 17.5 Å². The van der Waals surface area contributed by atoms with E-state index in [9.17, 15) is 23.1 Å². The van der Waals surface area contributed by atoms with E-state index in [1.807, 2.05) is 6.92 Å². The number of hydrogen-bond donors (Lipinski definition) is 3. The van der Waals surface area contributed by atoms with Crippen LogP contribution in [0.3, 0.4) is 0 Å². The molecule has 1 aliphatic carbocycles. The first-order chi connectivity index (χ1) is 17.0. The largest absolute Gasteiger partial charge is 0.416 e. The van der Waals surface area contributed by atoms with Crippen molar-refractivity contribution in [3.05, 3.63) is 47.5 Å². The van der Waals surface area contributed by atoms with E-state index in [1.54, 1.807) is 9.80 Å². The lowest BCUT2D eigenvalue weighted by molar-refractivity contribution is -0.137. The number of anilines is 2. The van der Waals surface area contributed by atoms with Crippen LogP contribution in [0.4, 0.5) is 29.2 Å². The van der Waals surface area contributed by atoms with E-state index in [1.165, 1.54) is 18.5 Å². The number of β-amino-alcohol motifs (C(OH)–C–C–N with tert-alkyl or cyclic N) is 1. The number of carbonyl (C=O) groups excluding carboxylic acids is 1. The maximum absolute atomic E-state index is 15.5. The molecule has 2 atom stereocenters. The van der Waals surface area contributed by atoms with Crippen molar-refractivity contribution in [1.29, 1.82) is 0 Å². The van der Waals surface area contributed by atoms with Gasteiger partial charge < -0.3 is 21.1 Å². The fourth-order valence-electron chi connectivity index (χ4n) is 4.44. The summed E-state index contributed by atoms with van der Waals surface area (Å²) in [5.74, 6) is -1.04. The summed E-state index contributed by atoms with van der Waals surface area (Å²) >= 11 is 0. The zero-order valence-electron chi connectivity index (χ0n) is 19.9. The predicted octanol–water partition coefficient (Wildman–Crippen LogP) is 2.77. The summed E-state index contributed by atoms with van der Waals surface area (Å²) in [5, 5.41) is 13.7. The minimum Gasteiger partial charge on any atom is -0.391 e. The van der Waals surface area contributed by atoms with Crippen LogP contribution in [0, 0.1) is 11.2 Å². The zero-order chi connectivity index (χ0) is 26.1. The molecule has 2 aliphatic rings. The summed E-state index contributed by atoms with van der Waals surface area (Å²) in [6.07, 6.45) is -1.70. The van der Waals surface area contributed by atoms with Gasteiger partial charge >= 0.3 is 6.18 Å². The maximum Gasteiger partial charge on any atom is 0.416 e. The average molecular weight is 511 g/mol. The van der Waals surface area contributed by atoms with Crippen molar-refractivity contribution >= 4 is 17.5 Å². The number of halogens is 4. The van der Waals surface area contributed by atoms with Crippen molar-refractivity contribution in [1.82, 2.24) is 14.9 Å². The van der Waals surface area contributed by atoms with Gasteiger partial charge in [0.05, 0.1) is 18.2 Å². The molecule has 1 saturated heterocycles. The molecule has 0 radical (unpaired) electrons. The molecule has 196 valence electrons. The summed E-state index contributed by atoms with van der Waals surface area (Å²) in [6.45, 7) is 3.25. The first-order valence-corrected chi connectivity index (χ1v) is 11.8. The van der Waals surface area contributed by atoms with Crippen LogP contribution in [0.25, 0.3) is 0 Å². The molecule has 2 fully saturated rings. The molecular formula is C24H30F4N6O2. The number of aliphatic hydroxyl groups excluding tert-OH is 1. The molecule has 1 amide bonds. The number of nitrogens with two attached hydrogens (primary N) is 1. The lowest BCUT2D eigenvalue weighted by atomic mass is 9.77. The smallest absolute Gasteiger partial charge is 0.391 e. The Morgan fingerprint density at radius 1 is 1.28 bits per heavy atom. The second-order valence-electron chi connectivity index (χ2n) is 9.89. The molecule has 0 bridgehead atoms. The number of rotatable bonds is 9. The third kappa shape index (κ3) is 6.04. The Morgan fingerprint density at radius 2 is 1.97 bits per heavy atom. The number of amides is 1. The monoisotopic (exact) mass is 510 g/mol. The molecule has 0 spiro atoms. The van der Waals surface area contributed by atoms with Crippen LogP contribution >= 0.6 is 0 Å². The van der Waals surface area contributed by atoms with E-state index in [0.717, 1.165) is 25.0 Å². The van der Waals surface area contributed by atoms with E-state index in [2.05, 4.69) is 15.3 Å². The molecule has 4 rings (SSSR count). The summed E-state index contributed by atoms with van der Waals surface area (Å²) < 4.78 is 54.2. The van der Waals surface area contributed by atoms with Gasteiger partial charge in [-0.25, -0.2) is 9.97 Å². The Bertz CT molecular complexity index is 1080. The Morgan fingerprint density at radius 3 is 2.56 bits per heavy atom. The van der Waals surface area contributed by atoms with Gasteiger partial charge in [-0.1, -0.05) is 19.1 Å². The Kier molecular flexibility index (Phi) is 7.37. The van der Waals surface area contributed by atoms with Crippen LogP contribution in [0.2, 0.25) is 0 Å². The Hall–Kier alpha value is -2.99. The molecule has 1 saturated carbocycles.